The Hall–Kier alpha value is -1.58. The largest absolute Gasteiger partial charge is 0.273 e. The summed E-state index contributed by atoms with van der Waals surface area (Å²) in [5.41, 5.74) is 0.276. The zero-order chi connectivity index (χ0) is 15.0. The molecule has 0 aromatic heterocycles. The number of anilines is 1. The number of para-hydroxylation sites is 1. The quantitative estimate of drug-likeness (QED) is 0.633. The van der Waals surface area contributed by atoms with E-state index in [-0.39, 0.29) is 23.6 Å². The standard InChI is InChI=1S/C16H13Cl2NO2/c17-9-11-5-4-8-16(10-18)13(11)14(20)19(15(16)21)12-6-2-1-3-7-12/h1-8,13H,9-10H2. The monoisotopic (exact) mass is 321 g/mol. The number of carbonyl (C=O) groups excluding carboxylic acids is 2. The summed E-state index contributed by atoms with van der Waals surface area (Å²) < 4.78 is 0. The van der Waals surface area contributed by atoms with Gasteiger partial charge in [0.15, 0.2) is 0 Å². The molecule has 0 spiro atoms. The predicted molar refractivity (Wildman–Crippen MR) is 83.5 cm³/mol. The molecule has 2 unspecified atom stereocenters. The Balaban J connectivity index is 2.13. The fraction of sp³-hybridized carbons (Fsp3) is 0.250. The molecule has 0 bridgehead atoms. The Bertz CT molecular complexity index is 654. The minimum absolute atomic E-state index is 0.0519. The van der Waals surface area contributed by atoms with E-state index in [1.165, 1.54) is 4.90 Å². The predicted octanol–water partition coefficient (Wildman–Crippen LogP) is 3.14. The zero-order valence-corrected chi connectivity index (χ0v) is 12.6. The summed E-state index contributed by atoms with van der Waals surface area (Å²) in [6, 6.07) is 8.90. The van der Waals surface area contributed by atoms with Crippen molar-refractivity contribution in [2.75, 3.05) is 16.7 Å². The van der Waals surface area contributed by atoms with E-state index in [0.717, 1.165) is 5.57 Å². The SMILES string of the molecule is O=C1C2C(CCl)=CC=CC2(CCl)C(=O)N1c1ccccc1. The summed E-state index contributed by atoms with van der Waals surface area (Å²) in [5.74, 6) is -0.898. The lowest BCUT2D eigenvalue weighted by atomic mass is 9.72. The molecule has 0 N–H and O–H groups in total. The van der Waals surface area contributed by atoms with E-state index in [1.54, 1.807) is 42.5 Å². The fourth-order valence-corrected chi connectivity index (χ4v) is 3.60. The first-order valence-corrected chi connectivity index (χ1v) is 7.66. The van der Waals surface area contributed by atoms with Gasteiger partial charge < -0.3 is 0 Å². The van der Waals surface area contributed by atoms with Gasteiger partial charge in [-0.2, -0.15) is 0 Å². The van der Waals surface area contributed by atoms with E-state index in [4.69, 9.17) is 23.2 Å². The van der Waals surface area contributed by atoms with Crippen molar-refractivity contribution in [3.05, 3.63) is 54.1 Å². The topological polar surface area (TPSA) is 37.4 Å². The molecular formula is C16H13Cl2NO2. The molecule has 1 aromatic rings. The third-order valence-corrected chi connectivity index (χ3v) is 4.80. The smallest absolute Gasteiger partial charge is 0.246 e. The molecule has 1 aliphatic carbocycles. The molecule has 2 amide bonds. The summed E-state index contributed by atoms with van der Waals surface area (Å²) >= 11 is 12.0. The van der Waals surface area contributed by atoms with Crippen LogP contribution in [0.1, 0.15) is 0 Å². The van der Waals surface area contributed by atoms with Crippen LogP contribution < -0.4 is 4.90 Å². The van der Waals surface area contributed by atoms with Crippen molar-refractivity contribution in [2.24, 2.45) is 11.3 Å². The van der Waals surface area contributed by atoms with Gasteiger partial charge in [0.2, 0.25) is 11.8 Å². The summed E-state index contributed by atoms with van der Waals surface area (Å²) in [4.78, 5) is 26.9. The maximum absolute atomic E-state index is 12.9. The summed E-state index contributed by atoms with van der Waals surface area (Å²) in [6.45, 7) is 0. The van der Waals surface area contributed by atoms with Crippen molar-refractivity contribution in [1.29, 1.82) is 0 Å². The van der Waals surface area contributed by atoms with E-state index < -0.39 is 11.3 Å². The minimum Gasteiger partial charge on any atom is -0.273 e. The van der Waals surface area contributed by atoms with Crippen molar-refractivity contribution in [3.63, 3.8) is 0 Å². The molecule has 21 heavy (non-hydrogen) atoms. The van der Waals surface area contributed by atoms with Crippen LogP contribution in [0.15, 0.2) is 54.1 Å². The first-order chi connectivity index (χ1) is 10.2. The number of hydrogen-bond acceptors (Lipinski definition) is 2. The van der Waals surface area contributed by atoms with Gasteiger partial charge >= 0.3 is 0 Å². The van der Waals surface area contributed by atoms with Crippen LogP contribution in [0.25, 0.3) is 0 Å². The van der Waals surface area contributed by atoms with Crippen molar-refractivity contribution in [3.8, 4) is 0 Å². The van der Waals surface area contributed by atoms with Crippen molar-refractivity contribution in [2.45, 2.75) is 0 Å². The number of carbonyl (C=O) groups is 2. The maximum atomic E-state index is 12.9. The number of fused-ring (bicyclic) bond motifs is 1. The number of imide groups is 1. The maximum Gasteiger partial charge on any atom is 0.246 e. The van der Waals surface area contributed by atoms with E-state index in [2.05, 4.69) is 0 Å². The lowest BCUT2D eigenvalue weighted by molar-refractivity contribution is -0.123. The molecule has 1 saturated heterocycles. The Morgan fingerprint density at radius 3 is 2.48 bits per heavy atom. The molecule has 1 aliphatic heterocycles. The Labute approximate surface area is 132 Å². The number of benzene rings is 1. The lowest BCUT2D eigenvalue weighted by Crippen LogP contribution is -2.38. The number of hydrogen-bond donors (Lipinski definition) is 0. The van der Waals surface area contributed by atoms with Gasteiger partial charge in [0.25, 0.3) is 0 Å². The average Bonchev–Trinajstić information content (AvgIpc) is 2.76. The number of alkyl halides is 2. The van der Waals surface area contributed by atoms with E-state index in [0.29, 0.717) is 5.69 Å². The van der Waals surface area contributed by atoms with Crippen LogP contribution in [-0.4, -0.2) is 23.6 Å². The Kier molecular flexibility index (Phi) is 3.64. The van der Waals surface area contributed by atoms with Crippen LogP contribution in [0, 0.1) is 11.3 Å². The van der Waals surface area contributed by atoms with Gasteiger partial charge in [0.1, 0.15) is 0 Å². The number of rotatable bonds is 3. The number of nitrogens with zero attached hydrogens (tertiary/aromatic N) is 1. The highest BCUT2D eigenvalue weighted by molar-refractivity contribution is 6.30. The second-order valence-corrected chi connectivity index (χ2v) is 5.69. The highest BCUT2D eigenvalue weighted by atomic mass is 35.5. The fourth-order valence-electron chi connectivity index (χ4n) is 3.00. The molecule has 2 atom stereocenters. The highest BCUT2D eigenvalue weighted by Crippen LogP contribution is 2.48. The van der Waals surface area contributed by atoms with E-state index in [9.17, 15) is 9.59 Å². The third kappa shape index (κ3) is 1.95. The first-order valence-electron chi connectivity index (χ1n) is 6.59. The van der Waals surface area contributed by atoms with Crippen molar-refractivity contribution in [1.82, 2.24) is 0 Å². The minimum atomic E-state index is -1.02. The Morgan fingerprint density at radius 1 is 1.14 bits per heavy atom. The first kappa shape index (κ1) is 14.4. The van der Waals surface area contributed by atoms with Gasteiger partial charge in [0.05, 0.1) is 17.0 Å². The highest BCUT2D eigenvalue weighted by Gasteiger charge is 2.59. The summed E-state index contributed by atoms with van der Waals surface area (Å²) in [7, 11) is 0. The van der Waals surface area contributed by atoms with Crippen LogP contribution in [0.2, 0.25) is 0 Å². The lowest BCUT2D eigenvalue weighted by Gasteiger charge is -2.29. The molecule has 1 fully saturated rings. The van der Waals surface area contributed by atoms with Gasteiger partial charge in [-0.15, -0.1) is 23.2 Å². The van der Waals surface area contributed by atoms with Crippen LogP contribution >= 0.6 is 23.2 Å². The van der Waals surface area contributed by atoms with Gasteiger partial charge in [-0.25, -0.2) is 4.90 Å². The average molecular weight is 322 g/mol. The summed E-state index contributed by atoms with van der Waals surface area (Å²) in [5, 5.41) is 0. The van der Waals surface area contributed by atoms with Crippen molar-refractivity contribution >= 4 is 40.7 Å². The zero-order valence-electron chi connectivity index (χ0n) is 11.1. The van der Waals surface area contributed by atoms with E-state index in [1.807, 2.05) is 6.07 Å². The molecule has 1 aromatic carbocycles. The molecule has 1 heterocycles. The van der Waals surface area contributed by atoms with Gasteiger partial charge in [-0.1, -0.05) is 36.4 Å². The Morgan fingerprint density at radius 2 is 1.86 bits per heavy atom. The molecule has 5 heteroatoms. The molecule has 3 nitrogen and oxygen atoms in total. The molecule has 108 valence electrons. The van der Waals surface area contributed by atoms with Crippen LogP contribution in [0.5, 0.6) is 0 Å². The second kappa shape index (κ2) is 5.32. The molecule has 2 aliphatic rings. The molecule has 0 radical (unpaired) electrons. The number of amides is 2. The molecular weight excluding hydrogens is 309 g/mol. The number of allylic oxidation sites excluding steroid dienone is 2. The summed E-state index contributed by atoms with van der Waals surface area (Å²) in [6.07, 6.45) is 5.28. The van der Waals surface area contributed by atoms with Gasteiger partial charge in [-0.3, -0.25) is 9.59 Å². The molecule has 0 saturated carbocycles. The normalized spacial score (nSPS) is 27.8. The van der Waals surface area contributed by atoms with Gasteiger partial charge in [-0.05, 0) is 17.7 Å². The third-order valence-electron chi connectivity index (χ3n) is 4.05. The van der Waals surface area contributed by atoms with Crippen LogP contribution in [0.3, 0.4) is 0 Å². The molecule has 3 rings (SSSR count). The van der Waals surface area contributed by atoms with E-state index >= 15 is 0 Å². The van der Waals surface area contributed by atoms with Crippen molar-refractivity contribution < 1.29 is 9.59 Å². The number of halogens is 2. The van der Waals surface area contributed by atoms with Gasteiger partial charge in [0, 0.05) is 11.8 Å². The van der Waals surface area contributed by atoms with Crippen LogP contribution in [-0.2, 0) is 9.59 Å². The second-order valence-electron chi connectivity index (χ2n) is 5.16. The van der Waals surface area contributed by atoms with Crippen LogP contribution in [0.4, 0.5) is 5.69 Å².